The summed E-state index contributed by atoms with van der Waals surface area (Å²) >= 11 is 0. The van der Waals surface area contributed by atoms with Crippen LogP contribution < -0.4 is 10.6 Å². The Balaban J connectivity index is 1.81. The molecule has 1 aliphatic heterocycles. The van der Waals surface area contributed by atoms with Gasteiger partial charge in [-0.15, -0.1) is 0 Å². The number of carbonyl (C=O) groups excluding carboxylic acids is 2. The van der Waals surface area contributed by atoms with Crippen LogP contribution in [0.5, 0.6) is 0 Å². The van der Waals surface area contributed by atoms with Crippen LogP contribution in [0.2, 0.25) is 0 Å². The van der Waals surface area contributed by atoms with Crippen LogP contribution in [0.1, 0.15) is 46.4 Å². The smallest absolute Gasteiger partial charge is 0.272 e. The molecule has 2 heterocycles. The lowest BCUT2D eigenvalue weighted by Gasteiger charge is -2.22. The van der Waals surface area contributed by atoms with E-state index >= 15 is 0 Å². The van der Waals surface area contributed by atoms with Crippen LogP contribution in [-0.4, -0.2) is 27.4 Å². The van der Waals surface area contributed by atoms with Gasteiger partial charge in [0.05, 0.1) is 12.4 Å². The molecule has 22 heavy (non-hydrogen) atoms. The van der Waals surface area contributed by atoms with E-state index in [-0.39, 0.29) is 29.6 Å². The Labute approximate surface area is 128 Å². The van der Waals surface area contributed by atoms with Gasteiger partial charge in [-0.1, -0.05) is 30.3 Å². The van der Waals surface area contributed by atoms with E-state index in [0.29, 0.717) is 12.2 Å². The molecule has 1 aromatic carbocycles. The van der Waals surface area contributed by atoms with E-state index < -0.39 is 0 Å². The number of imidazole rings is 1. The highest BCUT2D eigenvalue weighted by atomic mass is 16.2. The van der Waals surface area contributed by atoms with Crippen LogP contribution in [-0.2, 0) is 6.54 Å². The third-order valence-electron chi connectivity index (χ3n) is 3.76. The molecular formula is C16H18N4O2. The van der Waals surface area contributed by atoms with Gasteiger partial charge in [0, 0.05) is 12.6 Å². The number of carbonyl (C=O) groups is 2. The van der Waals surface area contributed by atoms with Crippen molar-refractivity contribution in [3.63, 3.8) is 0 Å². The molecule has 0 fully saturated rings. The van der Waals surface area contributed by atoms with Crippen molar-refractivity contribution in [2.45, 2.75) is 32.5 Å². The topological polar surface area (TPSA) is 76.0 Å². The van der Waals surface area contributed by atoms with Crippen molar-refractivity contribution in [3.05, 3.63) is 53.6 Å². The number of amides is 2. The van der Waals surface area contributed by atoms with Crippen molar-refractivity contribution >= 4 is 11.8 Å². The first-order valence-corrected chi connectivity index (χ1v) is 7.28. The molecule has 2 N–H and O–H groups in total. The minimum absolute atomic E-state index is 0.0355. The van der Waals surface area contributed by atoms with Crippen LogP contribution in [0.3, 0.4) is 0 Å². The molecule has 0 spiro atoms. The van der Waals surface area contributed by atoms with Gasteiger partial charge in [-0.05, 0) is 19.4 Å². The summed E-state index contributed by atoms with van der Waals surface area (Å²) in [4.78, 5) is 28.6. The Morgan fingerprint density at radius 1 is 1.41 bits per heavy atom. The number of nitrogens with zero attached hydrogens (tertiary/aromatic N) is 2. The van der Waals surface area contributed by atoms with Crippen LogP contribution >= 0.6 is 0 Å². The molecule has 0 aliphatic carbocycles. The fourth-order valence-electron chi connectivity index (χ4n) is 2.65. The van der Waals surface area contributed by atoms with Crippen LogP contribution in [0.4, 0.5) is 0 Å². The molecule has 0 saturated heterocycles. The van der Waals surface area contributed by atoms with Crippen LogP contribution in [0.15, 0.2) is 36.7 Å². The Bertz CT molecular complexity index is 708. The number of hydrogen-bond donors (Lipinski definition) is 2. The van der Waals surface area contributed by atoms with E-state index in [4.69, 9.17) is 0 Å². The average molecular weight is 298 g/mol. The van der Waals surface area contributed by atoms with E-state index in [1.54, 1.807) is 10.9 Å². The zero-order chi connectivity index (χ0) is 15.7. The zero-order valence-electron chi connectivity index (χ0n) is 12.5. The van der Waals surface area contributed by atoms with E-state index in [0.717, 1.165) is 5.56 Å². The van der Waals surface area contributed by atoms with Gasteiger partial charge in [-0.2, -0.15) is 0 Å². The molecule has 0 radical (unpaired) electrons. The SMILES string of the molecule is C[C@@H]1Cn2cnc(C(=O)N[C@@H](C)c3ccccc3)c2C(=O)N1. The highest BCUT2D eigenvalue weighted by Crippen LogP contribution is 2.16. The van der Waals surface area contributed by atoms with Gasteiger partial charge in [-0.3, -0.25) is 9.59 Å². The molecule has 6 heteroatoms. The van der Waals surface area contributed by atoms with Crippen molar-refractivity contribution < 1.29 is 9.59 Å². The number of rotatable bonds is 3. The summed E-state index contributed by atoms with van der Waals surface area (Å²) < 4.78 is 1.73. The van der Waals surface area contributed by atoms with Gasteiger partial charge in [-0.25, -0.2) is 4.98 Å². The predicted octanol–water partition coefficient (Wildman–Crippen LogP) is 1.51. The highest BCUT2D eigenvalue weighted by molar-refractivity contribution is 6.05. The minimum Gasteiger partial charge on any atom is -0.346 e. The van der Waals surface area contributed by atoms with Gasteiger partial charge < -0.3 is 15.2 Å². The molecule has 6 nitrogen and oxygen atoms in total. The molecule has 2 amide bonds. The maximum Gasteiger partial charge on any atom is 0.272 e. The normalized spacial score (nSPS) is 18.3. The predicted molar refractivity (Wildman–Crippen MR) is 81.5 cm³/mol. The maximum absolute atomic E-state index is 12.4. The molecule has 2 aromatic rings. The Kier molecular flexibility index (Phi) is 3.66. The van der Waals surface area contributed by atoms with E-state index in [1.165, 1.54) is 0 Å². The number of aromatic nitrogens is 2. The maximum atomic E-state index is 12.4. The molecular weight excluding hydrogens is 280 g/mol. The van der Waals surface area contributed by atoms with Gasteiger partial charge in [0.25, 0.3) is 11.8 Å². The summed E-state index contributed by atoms with van der Waals surface area (Å²) in [6.45, 7) is 4.44. The van der Waals surface area contributed by atoms with E-state index in [2.05, 4.69) is 15.6 Å². The number of benzene rings is 1. The fraction of sp³-hybridized carbons (Fsp3) is 0.312. The van der Waals surface area contributed by atoms with Gasteiger partial charge in [0.15, 0.2) is 5.69 Å². The van der Waals surface area contributed by atoms with Crippen molar-refractivity contribution in [2.24, 2.45) is 0 Å². The third-order valence-corrected chi connectivity index (χ3v) is 3.76. The van der Waals surface area contributed by atoms with Gasteiger partial charge >= 0.3 is 0 Å². The van der Waals surface area contributed by atoms with Crippen LogP contribution in [0, 0.1) is 0 Å². The summed E-state index contributed by atoms with van der Waals surface area (Å²) in [5.74, 6) is -0.594. The Morgan fingerprint density at radius 3 is 2.86 bits per heavy atom. The summed E-state index contributed by atoms with van der Waals surface area (Å²) in [6.07, 6.45) is 1.55. The lowest BCUT2D eigenvalue weighted by molar-refractivity contribution is 0.0879. The largest absolute Gasteiger partial charge is 0.346 e. The molecule has 1 aromatic heterocycles. The van der Waals surface area contributed by atoms with Crippen LogP contribution in [0.25, 0.3) is 0 Å². The fourth-order valence-corrected chi connectivity index (χ4v) is 2.65. The standard InChI is InChI=1S/C16H18N4O2/c1-10-8-20-9-17-13(14(20)16(22)18-10)15(21)19-11(2)12-6-4-3-5-7-12/h3-7,9-11H,8H2,1-2H3,(H,18,22)(H,19,21)/t10-,11+/m1/s1. The quantitative estimate of drug-likeness (QED) is 0.901. The second kappa shape index (κ2) is 5.63. The van der Waals surface area contributed by atoms with Crippen molar-refractivity contribution in [2.75, 3.05) is 0 Å². The molecule has 2 atom stereocenters. The van der Waals surface area contributed by atoms with Crippen molar-refractivity contribution in [1.82, 2.24) is 20.2 Å². The molecule has 0 bridgehead atoms. The van der Waals surface area contributed by atoms with Crippen molar-refractivity contribution in [3.8, 4) is 0 Å². The molecule has 1 aliphatic rings. The van der Waals surface area contributed by atoms with Crippen molar-refractivity contribution in [1.29, 1.82) is 0 Å². The molecule has 114 valence electrons. The molecule has 0 unspecified atom stereocenters. The summed E-state index contributed by atoms with van der Waals surface area (Å²) in [5.41, 5.74) is 1.50. The first-order chi connectivity index (χ1) is 10.6. The minimum atomic E-state index is -0.338. The number of hydrogen-bond acceptors (Lipinski definition) is 3. The second-order valence-corrected chi connectivity index (χ2v) is 5.57. The third kappa shape index (κ3) is 2.59. The second-order valence-electron chi connectivity index (χ2n) is 5.57. The number of nitrogens with one attached hydrogen (secondary N) is 2. The zero-order valence-corrected chi connectivity index (χ0v) is 12.5. The van der Waals surface area contributed by atoms with Gasteiger partial charge in [0.1, 0.15) is 5.69 Å². The summed E-state index contributed by atoms with van der Waals surface area (Å²) in [5, 5.41) is 5.71. The summed E-state index contributed by atoms with van der Waals surface area (Å²) in [6, 6.07) is 9.54. The molecule has 0 saturated carbocycles. The monoisotopic (exact) mass is 298 g/mol. The first-order valence-electron chi connectivity index (χ1n) is 7.28. The first kappa shape index (κ1) is 14.3. The van der Waals surface area contributed by atoms with E-state index in [1.807, 2.05) is 44.2 Å². The Morgan fingerprint density at radius 2 is 2.14 bits per heavy atom. The molecule has 3 rings (SSSR count). The number of fused-ring (bicyclic) bond motifs is 1. The highest BCUT2D eigenvalue weighted by Gasteiger charge is 2.29. The summed E-state index contributed by atoms with van der Waals surface area (Å²) in [7, 11) is 0. The average Bonchev–Trinajstić information content (AvgIpc) is 2.92. The lowest BCUT2D eigenvalue weighted by Crippen LogP contribution is -2.43. The van der Waals surface area contributed by atoms with E-state index in [9.17, 15) is 9.59 Å². The van der Waals surface area contributed by atoms with Gasteiger partial charge in [0.2, 0.25) is 0 Å². The lowest BCUT2D eigenvalue weighted by atomic mass is 10.1. The Hall–Kier alpha value is -2.63.